The van der Waals surface area contributed by atoms with E-state index in [1.807, 2.05) is 83.9 Å². The van der Waals surface area contributed by atoms with Crippen molar-refractivity contribution < 1.29 is 19.4 Å². The Morgan fingerprint density at radius 3 is 1.44 bits per heavy atom. The lowest BCUT2D eigenvalue weighted by Gasteiger charge is -2.18. The van der Waals surface area contributed by atoms with Gasteiger partial charge in [-0.25, -0.2) is 9.97 Å². The Kier molecular flexibility index (Phi) is 15.5. The molecule has 0 bridgehead atoms. The predicted octanol–water partition coefficient (Wildman–Crippen LogP) is 12.7. The van der Waals surface area contributed by atoms with Crippen molar-refractivity contribution in [2.75, 3.05) is 26.9 Å². The lowest BCUT2D eigenvalue weighted by Crippen LogP contribution is -2.30. The highest BCUT2D eigenvalue weighted by Crippen LogP contribution is 2.39. The molecule has 6 aromatic rings. The summed E-state index contributed by atoms with van der Waals surface area (Å²) in [6, 6.07) is 26.3. The minimum absolute atomic E-state index is 0.0138. The summed E-state index contributed by atoms with van der Waals surface area (Å²) in [5, 5.41) is 11.8. The number of imidazole rings is 2. The molecule has 1 aliphatic rings. The van der Waals surface area contributed by atoms with Crippen LogP contribution < -0.4 is 0 Å². The highest BCUT2D eigenvalue weighted by molar-refractivity contribution is 9.10. The Morgan fingerprint density at radius 2 is 1.09 bits per heavy atom. The van der Waals surface area contributed by atoms with Crippen LogP contribution in [0.15, 0.2) is 106 Å². The number of carbonyl (C=O) groups is 1. The largest absolute Gasteiger partial charge is 0.468 e. The van der Waals surface area contributed by atoms with Gasteiger partial charge in [-0.05, 0) is 99.5 Å². The molecule has 7 rings (SSSR count). The second-order valence-corrected chi connectivity index (χ2v) is 17.7. The van der Waals surface area contributed by atoms with E-state index in [4.69, 9.17) is 65.8 Å². The number of carbonyl (C=O) groups excluding carboxylic acids is 1. The van der Waals surface area contributed by atoms with Gasteiger partial charge in [0.25, 0.3) is 0 Å². The number of esters is 1. The fourth-order valence-electron chi connectivity index (χ4n) is 5.71. The molecule has 300 valence electrons. The van der Waals surface area contributed by atoms with E-state index >= 15 is 0 Å². The second kappa shape index (κ2) is 19.7. The van der Waals surface area contributed by atoms with Crippen molar-refractivity contribution in [3.8, 4) is 34.2 Å². The maximum atomic E-state index is 12.3. The van der Waals surface area contributed by atoms with E-state index in [9.17, 15) is 9.90 Å². The number of ether oxygens (including phenoxy) is 2. The maximum Gasteiger partial charge on any atom is 0.317 e. The smallest absolute Gasteiger partial charge is 0.317 e. The Balaban J connectivity index is 0.000000194. The Labute approximate surface area is 370 Å². The molecule has 0 amide bonds. The number of hydrogen-bond acceptors (Lipinski definition) is 6. The Bertz CT molecular complexity index is 2260. The van der Waals surface area contributed by atoms with Crippen LogP contribution in [0.2, 0.25) is 20.1 Å². The van der Waals surface area contributed by atoms with Crippen molar-refractivity contribution in [3.63, 3.8) is 0 Å². The van der Waals surface area contributed by atoms with Crippen molar-refractivity contribution in [3.05, 3.63) is 138 Å². The molecule has 0 atom stereocenters. The molecule has 1 fully saturated rings. The lowest BCUT2D eigenvalue weighted by atomic mass is 9.90. The fraction of sp³-hybridized carbons (Fsp3) is 0.279. The van der Waals surface area contributed by atoms with E-state index in [-0.39, 0.29) is 12.6 Å². The van der Waals surface area contributed by atoms with Gasteiger partial charge >= 0.3 is 5.97 Å². The van der Waals surface area contributed by atoms with Crippen LogP contribution in [-0.2, 0) is 25.1 Å². The molecule has 0 radical (unpaired) electrons. The fourth-order valence-corrected chi connectivity index (χ4v) is 7.37. The van der Waals surface area contributed by atoms with Gasteiger partial charge < -0.3 is 14.6 Å². The van der Waals surface area contributed by atoms with Gasteiger partial charge in [0, 0.05) is 51.3 Å². The summed E-state index contributed by atoms with van der Waals surface area (Å²) in [6.07, 6.45) is 6.30. The first-order valence-electron chi connectivity index (χ1n) is 18.0. The first-order chi connectivity index (χ1) is 27.1. The third-order valence-corrected chi connectivity index (χ3v) is 11.6. The number of hydrogen-bond donors (Lipinski definition) is 1. The Morgan fingerprint density at radius 1 is 0.702 bits per heavy atom. The number of aliphatic hydroxyl groups is 1. The van der Waals surface area contributed by atoms with E-state index < -0.39 is 10.8 Å². The molecule has 0 aliphatic carbocycles. The molecule has 57 heavy (non-hydrogen) atoms. The Hall–Kier alpha value is -3.19. The predicted molar refractivity (Wildman–Crippen MR) is 239 cm³/mol. The number of methoxy groups -OCH3 is 1. The third-order valence-electron chi connectivity index (χ3n) is 9.25. The number of benzene rings is 4. The van der Waals surface area contributed by atoms with Crippen molar-refractivity contribution in [2.45, 2.75) is 51.4 Å². The summed E-state index contributed by atoms with van der Waals surface area (Å²) in [5.74, 6) is 0.828. The van der Waals surface area contributed by atoms with Crippen LogP contribution in [-0.4, -0.2) is 57.1 Å². The molecule has 0 spiro atoms. The molecule has 1 saturated heterocycles. The van der Waals surface area contributed by atoms with Gasteiger partial charge in [-0.2, -0.15) is 0 Å². The normalized spacial score (nSPS) is 12.7. The van der Waals surface area contributed by atoms with E-state index in [0.717, 1.165) is 39.2 Å². The van der Waals surface area contributed by atoms with Crippen LogP contribution in [0.25, 0.3) is 34.2 Å². The number of halogens is 6. The van der Waals surface area contributed by atoms with Crippen LogP contribution in [0, 0.1) is 0 Å². The van der Waals surface area contributed by atoms with Crippen LogP contribution in [0.4, 0.5) is 0 Å². The van der Waals surface area contributed by atoms with Gasteiger partial charge in [0.05, 0.1) is 56.3 Å². The quantitative estimate of drug-likeness (QED) is 0.153. The SMILES string of the molecule is C1CCOC1.CC(C)(CO)c1cn(-c2ccc(Br)cc2)c(-c2c(Cl)cccc2Cl)n1.COC(=O)C(C)(C)c1cn(-c2ccc(Br)cc2)c(-c2c(Cl)cccc2Cl)n1. The van der Waals surface area contributed by atoms with E-state index in [1.54, 1.807) is 50.2 Å². The lowest BCUT2D eigenvalue weighted by molar-refractivity contribution is -0.146. The minimum atomic E-state index is -0.933. The molecular weight excluding hydrogens is 938 g/mol. The third kappa shape index (κ3) is 10.7. The van der Waals surface area contributed by atoms with Crippen molar-refractivity contribution in [1.82, 2.24) is 19.1 Å². The average Bonchev–Trinajstić information content (AvgIpc) is 3.99. The van der Waals surface area contributed by atoms with Gasteiger partial charge in [0.2, 0.25) is 0 Å². The van der Waals surface area contributed by atoms with Crippen LogP contribution in [0.5, 0.6) is 0 Å². The number of nitrogens with zero attached hydrogens (tertiary/aromatic N) is 4. The summed E-state index contributed by atoms with van der Waals surface area (Å²) < 4.78 is 15.7. The summed E-state index contributed by atoms with van der Waals surface area (Å²) in [7, 11) is 1.36. The van der Waals surface area contributed by atoms with Gasteiger partial charge in [-0.15, -0.1) is 0 Å². The average molecular weight is 980 g/mol. The maximum absolute atomic E-state index is 12.3. The summed E-state index contributed by atoms with van der Waals surface area (Å²) in [4.78, 5) is 21.8. The van der Waals surface area contributed by atoms with Crippen molar-refractivity contribution in [1.29, 1.82) is 0 Å². The highest BCUT2D eigenvalue weighted by Gasteiger charge is 2.35. The molecule has 0 saturated carbocycles. The zero-order valence-electron chi connectivity index (χ0n) is 32.0. The van der Waals surface area contributed by atoms with Gasteiger partial charge in [-0.1, -0.05) is 104 Å². The van der Waals surface area contributed by atoms with Gasteiger partial charge in [-0.3, -0.25) is 13.9 Å². The number of rotatable bonds is 8. The first kappa shape index (κ1) is 44.9. The molecule has 1 aliphatic heterocycles. The summed E-state index contributed by atoms with van der Waals surface area (Å²) >= 11 is 32.6. The van der Waals surface area contributed by atoms with E-state index in [1.165, 1.54) is 20.0 Å². The van der Waals surface area contributed by atoms with Gasteiger partial charge in [0.15, 0.2) is 0 Å². The zero-order valence-corrected chi connectivity index (χ0v) is 38.2. The molecule has 0 unspecified atom stereocenters. The molecule has 8 nitrogen and oxygen atoms in total. The molecule has 14 heteroatoms. The minimum Gasteiger partial charge on any atom is -0.468 e. The van der Waals surface area contributed by atoms with Crippen molar-refractivity contribution >= 4 is 84.2 Å². The van der Waals surface area contributed by atoms with Crippen LogP contribution >= 0.6 is 78.3 Å². The molecule has 3 heterocycles. The highest BCUT2D eigenvalue weighted by atomic mass is 79.9. The summed E-state index contributed by atoms with van der Waals surface area (Å²) in [6.45, 7) is 9.41. The zero-order chi connectivity index (χ0) is 41.5. The number of aliphatic hydroxyl groups excluding tert-OH is 1. The molecule has 4 aromatic carbocycles. The second-order valence-electron chi connectivity index (χ2n) is 14.3. The van der Waals surface area contributed by atoms with E-state index in [2.05, 4.69) is 31.9 Å². The van der Waals surface area contributed by atoms with Gasteiger partial charge in [0.1, 0.15) is 17.1 Å². The monoisotopic (exact) mass is 976 g/mol. The topological polar surface area (TPSA) is 91.4 Å². The molecule has 1 N–H and O–H groups in total. The van der Waals surface area contributed by atoms with Crippen LogP contribution in [0.3, 0.4) is 0 Å². The first-order valence-corrected chi connectivity index (χ1v) is 21.1. The number of aromatic nitrogens is 4. The van der Waals surface area contributed by atoms with E-state index in [0.29, 0.717) is 48.6 Å². The molecule has 2 aromatic heterocycles. The summed E-state index contributed by atoms with van der Waals surface area (Å²) in [5.41, 5.74) is 2.99. The standard InChI is InChI=1S/C20H17BrCl2N2O2.C19H17BrCl2N2O.C4H8O/c1-20(2,19(26)27-3)16-11-25(13-9-7-12(21)8-10-13)18(24-16)17-14(22)5-4-6-15(17)23;1-19(2,11-25)16-10-24(13-8-6-12(20)7-9-13)18(23-16)17-14(21)4-3-5-15(17)22;1-2-4-5-3-1/h4-11H,1-3H3;3-10,25H,11H2,1-2H3;1-4H2. The molecular formula is C43H42Br2Cl4N4O4. The van der Waals surface area contributed by atoms with Crippen molar-refractivity contribution in [2.24, 2.45) is 0 Å². The van der Waals surface area contributed by atoms with Crippen LogP contribution in [0.1, 0.15) is 51.9 Å².